The van der Waals surface area contributed by atoms with Crippen LogP contribution in [0.3, 0.4) is 0 Å². The van der Waals surface area contributed by atoms with Crippen molar-refractivity contribution >= 4 is 0 Å². The van der Waals surface area contributed by atoms with Crippen LogP contribution in [0, 0.1) is 23.2 Å². The summed E-state index contributed by atoms with van der Waals surface area (Å²) < 4.78 is 0. The van der Waals surface area contributed by atoms with Crippen LogP contribution in [0.25, 0.3) is 0 Å². The monoisotopic (exact) mass is 432 g/mol. The van der Waals surface area contributed by atoms with Crippen LogP contribution in [0.15, 0.2) is 35.5 Å². The molecule has 0 aromatic carbocycles. The Balaban J connectivity index is 1.76. The Labute approximate surface area is 188 Å². The summed E-state index contributed by atoms with van der Waals surface area (Å²) in [7, 11) is 0. The molecule has 0 bridgehead atoms. The third kappa shape index (κ3) is 5.52. The summed E-state index contributed by atoms with van der Waals surface area (Å²) in [4.78, 5) is 0. The fraction of sp³-hybridized carbons (Fsp3) is 0.778. The smallest absolute Gasteiger partial charge is 0.0811 e. The molecule has 0 spiro atoms. The molecule has 3 aliphatic rings. The van der Waals surface area contributed by atoms with E-state index in [4.69, 9.17) is 0 Å². The van der Waals surface area contributed by atoms with Crippen LogP contribution >= 0.6 is 0 Å². The highest BCUT2D eigenvalue weighted by Crippen LogP contribution is 2.60. The van der Waals surface area contributed by atoms with E-state index < -0.39 is 17.8 Å². The molecule has 0 aliphatic heterocycles. The van der Waals surface area contributed by atoms with Crippen molar-refractivity contribution in [1.82, 2.24) is 0 Å². The van der Waals surface area contributed by atoms with E-state index in [2.05, 4.69) is 26.5 Å². The summed E-state index contributed by atoms with van der Waals surface area (Å²) in [6.07, 6.45) is 10.6. The van der Waals surface area contributed by atoms with E-state index in [1.54, 1.807) is 0 Å². The molecule has 0 unspecified atom stereocenters. The highest BCUT2D eigenvalue weighted by Gasteiger charge is 2.54. The molecular formula is C27H44O4. The number of aliphatic hydroxyl groups excluding tert-OH is 3. The van der Waals surface area contributed by atoms with Crippen LogP contribution < -0.4 is 0 Å². The first kappa shape index (κ1) is 24.7. The highest BCUT2D eigenvalue weighted by molar-refractivity contribution is 5.39. The Hall–Kier alpha value is -0.940. The van der Waals surface area contributed by atoms with Gasteiger partial charge in [0.25, 0.3) is 0 Å². The average Bonchev–Trinajstić information content (AvgIpc) is 2.93. The maximum absolute atomic E-state index is 11.1. The standard InChI is InChI=1S/C27H44O4/c1-17(8-6-12-26(3,4)31)22-16-24(30)25-19(9-7-13-27(22,25)5)10-11-20-14-21(28)15-23(29)18(20)2/h10-11,17,21-25,28-31H,2,6-9,12-16H2,1,3-5H3/b19-10+,20-11-/t17-,21-,22-,23+,24-,25-,27-/m1/s1. The Kier molecular flexibility index (Phi) is 7.57. The maximum atomic E-state index is 11.1. The van der Waals surface area contributed by atoms with Crippen LogP contribution in [0.5, 0.6) is 0 Å². The SMILES string of the molecule is C=C1/C(=C\C=C2/CCC[C@]3(C)[C@@H]([C@H](C)CCCC(C)(C)O)C[C@@H](O)[C@@H]23)C[C@@H](O)C[C@@H]1O. The zero-order valence-corrected chi connectivity index (χ0v) is 20.0. The van der Waals surface area contributed by atoms with Gasteiger partial charge in [0.15, 0.2) is 0 Å². The molecule has 0 aromatic rings. The molecule has 4 heteroatoms. The van der Waals surface area contributed by atoms with Crippen molar-refractivity contribution < 1.29 is 20.4 Å². The lowest BCUT2D eigenvalue weighted by atomic mass is 9.60. The molecule has 3 saturated carbocycles. The molecule has 3 rings (SSSR count). The number of allylic oxidation sites excluding steroid dienone is 2. The minimum atomic E-state index is -0.670. The van der Waals surface area contributed by atoms with E-state index in [-0.39, 0.29) is 17.4 Å². The van der Waals surface area contributed by atoms with Crippen molar-refractivity contribution in [3.8, 4) is 0 Å². The summed E-state index contributed by atoms with van der Waals surface area (Å²) in [5.74, 6) is 1.18. The quantitative estimate of drug-likeness (QED) is 0.491. The molecule has 0 aromatic heterocycles. The molecule has 0 heterocycles. The summed E-state index contributed by atoms with van der Waals surface area (Å²) >= 11 is 0. The molecule has 176 valence electrons. The van der Waals surface area contributed by atoms with Gasteiger partial charge < -0.3 is 20.4 Å². The largest absolute Gasteiger partial charge is 0.393 e. The number of hydrogen-bond donors (Lipinski definition) is 4. The lowest BCUT2D eigenvalue weighted by Gasteiger charge is -2.44. The van der Waals surface area contributed by atoms with Crippen molar-refractivity contribution in [2.75, 3.05) is 0 Å². The molecular weight excluding hydrogens is 388 g/mol. The van der Waals surface area contributed by atoms with Gasteiger partial charge in [-0.1, -0.05) is 51.0 Å². The summed E-state index contributed by atoms with van der Waals surface area (Å²) in [5, 5.41) is 41.3. The molecule has 3 fully saturated rings. The number of rotatable bonds is 6. The molecule has 7 atom stereocenters. The van der Waals surface area contributed by atoms with Gasteiger partial charge in [-0.2, -0.15) is 0 Å². The van der Waals surface area contributed by atoms with Crippen molar-refractivity contribution in [2.24, 2.45) is 23.2 Å². The van der Waals surface area contributed by atoms with Crippen LogP contribution in [0.1, 0.15) is 85.5 Å². The van der Waals surface area contributed by atoms with Crippen LogP contribution in [-0.4, -0.2) is 44.3 Å². The van der Waals surface area contributed by atoms with E-state index in [0.29, 0.717) is 30.3 Å². The predicted octanol–water partition coefficient (Wildman–Crippen LogP) is 4.68. The molecule has 31 heavy (non-hydrogen) atoms. The lowest BCUT2D eigenvalue weighted by Crippen LogP contribution is -2.38. The molecule has 4 nitrogen and oxygen atoms in total. The second-order valence-corrected chi connectivity index (χ2v) is 11.5. The normalized spacial score (nSPS) is 40.4. The van der Waals surface area contributed by atoms with Crippen molar-refractivity contribution in [2.45, 2.75) is 109 Å². The minimum absolute atomic E-state index is 0.0960. The Morgan fingerprint density at radius 3 is 2.58 bits per heavy atom. The second kappa shape index (κ2) is 9.51. The zero-order valence-electron chi connectivity index (χ0n) is 20.0. The van der Waals surface area contributed by atoms with Gasteiger partial charge >= 0.3 is 0 Å². The Morgan fingerprint density at radius 1 is 1.19 bits per heavy atom. The Bertz CT molecular complexity index is 715. The first-order valence-corrected chi connectivity index (χ1v) is 12.3. The highest BCUT2D eigenvalue weighted by atomic mass is 16.3. The fourth-order valence-corrected chi connectivity index (χ4v) is 6.77. The second-order valence-electron chi connectivity index (χ2n) is 11.5. The van der Waals surface area contributed by atoms with E-state index in [0.717, 1.165) is 50.5 Å². The third-order valence-corrected chi connectivity index (χ3v) is 8.42. The van der Waals surface area contributed by atoms with E-state index in [1.165, 1.54) is 5.57 Å². The fourth-order valence-electron chi connectivity index (χ4n) is 6.77. The van der Waals surface area contributed by atoms with Crippen LogP contribution in [0.4, 0.5) is 0 Å². The van der Waals surface area contributed by atoms with Gasteiger partial charge in [0.05, 0.1) is 23.9 Å². The van der Waals surface area contributed by atoms with Gasteiger partial charge in [0.1, 0.15) is 0 Å². The van der Waals surface area contributed by atoms with E-state index in [9.17, 15) is 20.4 Å². The Morgan fingerprint density at radius 2 is 1.90 bits per heavy atom. The minimum Gasteiger partial charge on any atom is -0.393 e. The van der Waals surface area contributed by atoms with Crippen molar-refractivity contribution in [1.29, 1.82) is 0 Å². The topological polar surface area (TPSA) is 80.9 Å². The molecule has 4 N–H and O–H groups in total. The summed E-state index contributed by atoms with van der Waals surface area (Å²) in [5.41, 5.74) is 2.43. The van der Waals surface area contributed by atoms with E-state index in [1.807, 2.05) is 19.9 Å². The summed E-state index contributed by atoms with van der Waals surface area (Å²) in [6, 6.07) is 0. The number of fused-ring (bicyclic) bond motifs is 1. The lowest BCUT2D eigenvalue weighted by molar-refractivity contribution is 0.0546. The number of hydrogen-bond acceptors (Lipinski definition) is 4. The van der Waals surface area contributed by atoms with Crippen LogP contribution in [-0.2, 0) is 0 Å². The molecule has 3 aliphatic carbocycles. The van der Waals surface area contributed by atoms with Gasteiger partial charge in [0.2, 0.25) is 0 Å². The predicted molar refractivity (Wildman–Crippen MR) is 125 cm³/mol. The van der Waals surface area contributed by atoms with Gasteiger partial charge in [0, 0.05) is 12.3 Å². The molecule has 0 saturated heterocycles. The first-order valence-electron chi connectivity index (χ1n) is 12.3. The van der Waals surface area contributed by atoms with Gasteiger partial charge in [-0.25, -0.2) is 0 Å². The zero-order chi connectivity index (χ0) is 23.0. The van der Waals surface area contributed by atoms with Gasteiger partial charge in [-0.05, 0) is 80.8 Å². The van der Waals surface area contributed by atoms with Crippen molar-refractivity contribution in [3.63, 3.8) is 0 Å². The third-order valence-electron chi connectivity index (χ3n) is 8.42. The molecule has 0 radical (unpaired) electrons. The summed E-state index contributed by atoms with van der Waals surface area (Å²) in [6.45, 7) is 12.5. The maximum Gasteiger partial charge on any atom is 0.0811 e. The molecule has 0 amide bonds. The first-order chi connectivity index (χ1) is 14.4. The van der Waals surface area contributed by atoms with Gasteiger partial charge in [-0.3, -0.25) is 0 Å². The van der Waals surface area contributed by atoms with E-state index >= 15 is 0 Å². The number of aliphatic hydroxyl groups is 4. The average molecular weight is 433 g/mol. The van der Waals surface area contributed by atoms with Crippen molar-refractivity contribution in [3.05, 3.63) is 35.5 Å². The van der Waals surface area contributed by atoms with Crippen LogP contribution in [0.2, 0.25) is 0 Å². The van der Waals surface area contributed by atoms with Gasteiger partial charge in [-0.15, -0.1) is 0 Å².